The minimum Gasteiger partial charge on any atom is -0.450 e. The lowest BCUT2D eigenvalue weighted by molar-refractivity contribution is -0.668. The van der Waals surface area contributed by atoms with Gasteiger partial charge in [0.05, 0.1) is 18.7 Å². The van der Waals surface area contributed by atoms with Crippen LogP contribution in [0.5, 0.6) is 5.75 Å². The Morgan fingerprint density at radius 3 is 2.18 bits per heavy atom. The van der Waals surface area contributed by atoms with Crippen LogP contribution in [0.4, 0.5) is 0 Å². The van der Waals surface area contributed by atoms with Gasteiger partial charge in [-0.2, -0.15) is 0 Å². The number of quaternary nitrogens is 1. The molecular weight excluding hydrogens is 469 g/mol. The van der Waals surface area contributed by atoms with E-state index in [1.54, 1.807) is 38.1 Å². The van der Waals surface area contributed by atoms with Crippen LogP contribution in [-0.2, 0) is 15.1 Å². The summed E-state index contributed by atoms with van der Waals surface area (Å²) in [4.78, 5) is 24.8. The highest BCUT2D eigenvalue weighted by molar-refractivity contribution is 14.1. The maximum Gasteiger partial charge on any atom is 0.339 e. The van der Waals surface area contributed by atoms with Crippen LogP contribution >= 0.6 is 22.6 Å². The molecule has 0 atom stereocenters. The monoisotopic (exact) mass is 494 g/mol. The second-order valence-electron chi connectivity index (χ2n) is 7.50. The topological polar surface area (TPSA) is 69.2 Å². The summed E-state index contributed by atoms with van der Waals surface area (Å²) in [7, 11) is 0. The van der Waals surface area contributed by atoms with E-state index in [9.17, 15) is 9.59 Å². The Morgan fingerprint density at radius 1 is 1.00 bits per heavy atom. The number of halogens is 1. The number of carbonyl (C=O) groups excluding carboxylic acids is 2. The molecule has 28 heavy (non-hydrogen) atoms. The number of carbonyl (C=O) groups is 2. The Hall–Kier alpha value is -1.93. The van der Waals surface area contributed by atoms with Crippen LogP contribution in [0.15, 0.2) is 54.6 Å². The van der Waals surface area contributed by atoms with Crippen LogP contribution in [0.3, 0.4) is 0 Å². The van der Waals surface area contributed by atoms with Gasteiger partial charge in [0.25, 0.3) is 0 Å². The Bertz CT molecular complexity index is 822. The number of hydrogen-bond donors (Lipinski definition) is 1. The fraction of sp³-hybridized carbons (Fsp3) is 0.364. The first-order valence-corrected chi connectivity index (χ1v) is 10.5. The molecule has 1 saturated heterocycles. The molecule has 1 aliphatic rings. The zero-order chi connectivity index (χ0) is 20.2. The van der Waals surface area contributed by atoms with Crippen molar-refractivity contribution >= 4 is 34.5 Å². The third-order valence-electron chi connectivity index (χ3n) is 4.88. The van der Waals surface area contributed by atoms with Gasteiger partial charge in [-0.1, -0.05) is 52.9 Å². The van der Waals surface area contributed by atoms with Crippen LogP contribution < -0.4 is 10.1 Å². The van der Waals surface area contributed by atoms with Crippen molar-refractivity contribution in [2.24, 2.45) is 0 Å². The summed E-state index contributed by atoms with van der Waals surface area (Å²) in [5, 5.41) is 2.24. The smallest absolute Gasteiger partial charge is 0.339 e. The maximum absolute atomic E-state index is 12.8. The molecule has 6 heteroatoms. The van der Waals surface area contributed by atoms with E-state index >= 15 is 0 Å². The molecular formula is C22H25INO4+. The molecule has 0 radical (unpaired) electrons. The number of ether oxygens (including phenoxy) is 2. The van der Waals surface area contributed by atoms with Gasteiger partial charge < -0.3 is 14.8 Å². The lowest BCUT2D eigenvalue weighted by Gasteiger charge is -2.36. The summed E-state index contributed by atoms with van der Waals surface area (Å²) >= 11 is 2.03. The van der Waals surface area contributed by atoms with Gasteiger partial charge in [0.2, 0.25) is 0 Å². The molecule has 1 heterocycles. The van der Waals surface area contributed by atoms with E-state index in [0.29, 0.717) is 11.3 Å². The normalized spacial score (nSPS) is 16.2. The Labute approximate surface area is 178 Å². The molecule has 0 unspecified atom stereocenters. The fourth-order valence-electron chi connectivity index (χ4n) is 3.26. The lowest BCUT2D eigenvalue weighted by atomic mass is 9.84. The number of alkyl halides is 1. The van der Waals surface area contributed by atoms with E-state index in [2.05, 4.69) is 5.32 Å². The number of piperidine rings is 1. The van der Waals surface area contributed by atoms with Gasteiger partial charge in [-0.05, 0) is 43.7 Å². The first-order valence-electron chi connectivity index (χ1n) is 9.42. The van der Waals surface area contributed by atoms with E-state index < -0.39 is 9.02 Å². The zero-order valence-corrected chi connectivity index (χ0v) is 18.3. The average Bonchev–Trinajstić information content (AvgIpc) is 2.69. The molecule has 0 bridgehead atoms. The van der Waals surface area contributed by atoms with Crippen LogP contribution in [0, 0.1) is 0 Å². The van der Waals surface area contributed by atoms with Crippen LogP contribution in [0.25, 0.3) is 0 Å². The number of rotatable bonds is 5. The second kappa shape index (κ2) is 8.61. The molecule has 2 aromatic rings. The first-order chi connectivity index (χ1) is 13.3. The Morgan fingerprint density at radius 2 is 1.61 bits per heavy atom. The van der Waals surface area contributed by atoms with Crippen molar-refractivity contribution < 1.29 is 24.4 Å². The average molecular weight is 494 g/mol. The molecule has 3 rings (SSSR count). The van der Waals surface area contributed by atoms with E-state index in [1.807, 2.05) is 52.9 Å². The van der Waals surface area contributed by atoms with Gasteiger partial charge in [0, 0.05) is 12.8 Å². The highest BCUT2D eigenvalue weighted by Gasteiger charge is 2.39. The summed E-state index contributed by atoms with van der Waals surface area (Å²) in [5.41, 5.74) is 0.883. The quantitative estimate of drug-likeness (QED) is 0.300. The van der Waals surface area contributed by atoms with E-state index in [4.69, 9.17) is 9.47 Å². The predicted octanol–water partition coefficient (Wildman–Crippen LogP) is 3.22. The molecule has 0 aliphatic carbocycles. The minimum atomic E-state index is -0.616. The Kier molecular flexibility index (Phi) is 6.40. The zero-order valence-electron chi connectivity index (χ0n) is 16.1. The molecule has 0 saturated carbocycles. The van der Waals surface area contributed by atoms with Crippen molar-refractivity contribution in [2.75, 3.05) is 13.1 Å². The number of nitrogens with two attached hydrogens (primary N) is 1. The summed E-state index contributed by atoms with van der Waals surface area (Å²) in [6.07, 6.45) is 1.56. The SMILES string of the molecule is CC(C)(I)C(=O)Oc1ccc(C(=O)OC2(c3ccccc3)CC[NH2+]CC2)cc1. The highest BCUT2D eigenvalue weighted by Crippen LogP contribution is 2.34. The van der Waals surface area contributed by atoms with Crippen molar-refractivity contribution in [3.05, 3.63) is 65.7 Å². The molecule has 0 amide bonds. The van der Waals surface area contributed by atoms with Gasteiger partial charge in [-0.25, -0.2) is 4.79 Å². The molecule has 0 spiro atoms. The van der Waals surface area contributed by atoms with Crippen molar-refractivity contribution in [2.45, 2.75) is 35.7 Å². The third kappa shape index (κ3) is 4.91. The summed E-state index contributed by atoms with van der Waals surface area (Å²) < 4.78 is 10.8. The van der Waals surface area contributed by atoms with Crippen LogP contribution in [0.1, 0.15) is 42.6 Å². The predicted molar refractivity (Wildman–Crippen MR) is 115 cm³/mol. The standard InChI is InChI=1S/C22H24INO4/c1-21(2,23)20(26)27-18-10-8-16(9-11-18)19(25)28-22(12-14-24-15-13-22)17-6-4-3-5-7-17/h3-11,24H,12-15H2,1-2H3/p+1. The molecule has 1 fully saturated rings. The molecule has 2 aromatic carbocycles. The lowest BCUT2D eigenvalue weighted by Crippen LogP contribution is -2.87. The summed E-state index contributed by atoms with van der Waals surface area (Å²) in [6, 6.07) is 16.5. The van der Waals surface area contributed by atoms with E-state index in [-0.39, 0.29) is 11.9 Å². The number of hydrogen-bond acceptors (Lipinski definition) is 4. The third-order valence-corrected chi connectivity index (χ3v) is 5.32. The van der Waals surface area contributed by atoms with Crippen LogP contribution in [-0.4, -0.2) is 28.4 Å². The number of esters is 2. The molecule has 1 aliphatic heterocycles. The second-order valence-corrected chi connectivity index (χ2v) is 10.2. The molecule has 148 valence electrons. The van der Waals surface area contributed by atoms with Gasteiger partial charge in [-0.15, -0.1) is 0 Å². The van der Waals surface area contributed by atoms with Crippen molar-refractivity contribution in [3.63, 3.8) is 0 Å². The molecule has 2 N–H and O–H groups in total. The van der Waals surface area contributed by atoms with Crippen molar-refractivity contribution in [1.29, 1.82) is 0 Å². The first kappa shape index (κ1) is 20.8. The van der Waals surface area contributed by atoms with Gasteiger partial charge >= 0.3 is 11.9 Å². The van der Waals surface area contributed by atoms with Gasteiger partial charge in [0.1, 0.15) is 14.8 Å². The number of benzene rings is 2. The highest BCUT2D eigenvalue weighted by atomic mass is 127. The van der Waals surface area contributed by atoms with Gasteiger partial charge in [-0.3, -0.25) is 4.79 Å². The van der Waals surface area contributed by atoms with E-state index in [0.717, 1.165) is 31.5 Å². The Balaban J connectivity index is 1.75. The fourth-order valence-corrected chi connectivity index (χ4v) is 3.37. The van der Waals surface area contributed by atoms with Crippen molar-refractivity contribution in [1.82, 2.24) is 0 Å². The summed E-state index contributed by atoms with van der Waals surface area (Å²) in [5.74, 6) is -0.279. The van der Waals surface area contributed by atoms with Crippen LogP contribution in [0.2, 0.25) is 0 Å². The largest absolute Gasteiger partial charge is 0.450 e. The molecule has 0 aromatic heterocycles. The maximum atomic E-state index is 12.8. The van der Waals surface area contributed by atoms with Crippen molar-refractivity contribution in [3.8, 4) is 5.75 Å². The summed E-state index contributed by atoms with van der Waals surface area (Å²) in [6.45, 7) is 5.41. The molecule has 5 nitrogen and oxygen atoms in total. The van der Waals surface area contributed by atoms with E-state index in [1.165, 1.54) is 0 Å². The minimum absolute atomic E-state index is 0.329. The van der Waals surface area contributed by atoms with Gasteiger partial charge in [0.15, 0.2) is 0 Å².